The predicted octanol–water partition coefficient (Wildman–Crippen LogP) is 1.14. The maximum absolute atomic E-state index is 11.2. The molecule has 2 rings (SSSR count). The summed E-state index contributed by atoms with van der Waals surface area (Å²) in [6, 6.07) is 0. The van der Waals surface area contributed by atoms with E-state index in [1.54, 1.807) is 0 Å². The van der Waals surface area contributed by atoms with Gasteiger partial charge in [-0.25, -0.2) is 9.36 Å². The van der Waals surface area contributed by atoms with E-state index in [0.717, 1.165) is 5.57 Å². The van der Waals surface area contributed by atoms with Gasteiger partial charge in [-0.15, -0.1) is 0 Å². The second kappa shape index (κ2) is 4.53. The molecule has 2 N–H and O–H groups in total. The minimum absolute atomic E-state index is 0.157. The van der Waals surface area contributed by atoms with E-state index in [-0.39, 0.29) is 18.0 Å². The number of hydrogen-bond acceptors (Lipinski definition) is 4. The molecule has 0 amide bonds. The van der Waals surface area contributed by atoms with Crippen molar-refractivity contribution < 1.29 is 28.4 Å². The number of rotatable bonds is 2. The molecule has 1 aliphatic carbocycles. The highest BCUT2D eigenvalue weighted by Crippen LogP contribution is 2.44. The van der Waals surface area contributed by atoms with Crippen molar-refractivity contribution in [2.45, 2.75) is 38.4 Å². The van der Waals surface area contributed by atoms with Gasteiger partial charge in [0.2, 0.25) is 0 Å². The van der Waals surface area contributed by atoms with Crippen LogP contribution in [0.1, 0.15) is 26.2 Å². The molecule has 1 aliphatic heterocycles. The van der Waals surface area contributed by atoms with Crippen LogP contribution in [-0.4, -0.2) is 28.0 Å². The van der Waals surface area contributed by atoms with Crippen LogP contribution in [0.15, 0.2) is 11.6 Å². The number of fused-ring (bicyclic) bond motifs is 1. The van der Waals surface area contributed by atoms with E-state index in [1.165, 1.54) is 6.08 Å². The molecule has 0 radical (unpaired) electrons. The van der Waals surface area contributed by atoms with Gasteiger partial charge in [0.15, 0.2) is 0 Å². The van der Waals surface area contributed by atoms with Gasteiger partial charge in [-0.05, 0) is 19.8 Å². The first kappa shape index (κ1) is 12.8. The number of hydrogen-bond donors (Lipinski definition) is 2. The second-order valence-electron chi connectivity index (χ2n) is 4.50. The molecule has 0 aromatic heterocycles. The van der Waals surface area contributed by atoms with Crippen molar-refractivity contribution in [2.75, 3.05) is 0 Å². The van der Waals surface area contributed by atoms with Crippen LogP contribution >= 0.6 is 7.82 Å². The lowest BCUT2D eigenvalue weighted by Crippen LogP contribution is -2.39. The van der Waals surface area contributed by atoms with Crippen LogP contribution in [0.25, 0.3) is 0 Å². The summed E-state index contributed by atoms with van der Waals surface area (Å²) >= 11 is 0. The van der Waals surface area contributed by atoms with Crippen LogP contribution in [0.2, 0.25) is 0 Å². The lowest BCUT2D eigenvalue weighted by molar-refractivity contribution is -0.150. The summed E-state index contributed by atoms with van der Waals surface area (Å²) in [7, 11) is -4.47. The highest BCUT2D eigenvalue weighted by molar-refractivity contribution is 7.46. The fraction of sp³-hybridized carbons (Fsp3) is 0.700. The van der Waals surface area contributed by atoms with Crippen molar-refractivity contribution in [3.05, 3.63) is 11.6 Å². The Morgan fingerprint density at radius 1 is 1.47 bits per heavy atom. The molecule has 17 heavy (non-hydrogen) atoms. The minimum atomic E-state index is -4.47. The summed E-state index contributed by atoms with van der Waals surface area (Å²) in [6.45, 7) is 1.88. The van der Waals surface area contributed by atoms with Crippen molar-refractivity contribution in [1.82, 2.24) is 0 Å². The fourth-order valence-corrected chi connectivity index (χ4v) is 3.09. The fourth-order valence-electron chi connectivity index (χ4n) is 2.51. The predicted molar refractivity (Wildman–Crippen MR) is 57.9 cm³/mol. The van der Waals surface area contributed by atoms with Crippen molar-refractivity contribution in [2.24, 2.45) is 5.92 Å². The Morgan fingerprint density at radius 2 is 2.18 bits per heavy atom. The Kier molecular flexibility index (Phi) is 3.41. The standard InChI is InChI=1S/C10H15O6P/c1-6-4-10(11)15-9-5-7(2-3-8(6)9)16-17(12,13)14/h4,7-9H,2-3,5H2,1H3,(H2,12,13,14). The molecule has 0 aromatic rings. The zero-order valence-electron chi connectivity index (χ0n) is 9.41. The Bertz CT molecular complexity index is 398. The lowest BCUT2D eigenvalue weighted by Gasteiger charge is -2.37. The van der Waals surface area contributed by atoms with E-state index in [1.807, 2.05) is 6.92 Å². The maximum Gasteiger partial charge on any atom is 0.469 e. The highest BCUT2D eigenvalue weighted by Gasteiger charge is 2.38. The van der Waals surface area contributed by atoms with E-state index in [2.05, 4.69) is 4.52 Å². The number of esters is 1. The number of phosphoric acid groups is 1. The molecule has 3 unspecified atom stereocenters. The molecular weight excluding hydrogens is 247 g/mol. The first-order valence-electron chi connectivity index (χ1n) is 5.48. The van der Waals surface area contributed by atoms with E-state index >= 15 is 0 Å². The molecule has 1 heterocycles. The Balaban J connectivity index is 2.03. The van der Waals surface area contributed by atoms with Crippen LogP contribution in [0.5, 0.6) is 0 Å². The molecule has 96 valence electrons. The molecule has 0 spiro atoms. The Hall–Kier alpha value is -0.680. The summed E-state index contributed by atoms with van der Waals surface area (Å²) in [4.78, 5) is 28.7. The molecule has 1 fully saturated rings. The van der Waals surface area contributed by atoms with Gasteiger partial charge in [-0.1, -0.05) is 5.57 Å². The van der Waals surface area contributed by atoms with Crippen molar-refractivity contribution in [1.29, 1.82) is 0 Å². The molecule has 0 saturated heterocycles. The molecule has 2 aliphatic rings. The van der Waals surface area contributed by atoms with Gasteiger partial charge in [0.1, 0.15) is 6.10 Å². The topological polar surface area (TPSA) is 93.1 Å². The Morgan fingerprint density at radius 3 is 2.82 bits per heavy atom. The third-order valence-corrected chi connectivity index (χ3v) is 3.80. The van der Waals surface area contributed by atoms with E-state index in [0.29, 0.717) is 19.3 Å². The molecule has 7 heteroatoms. The first-order chi connectivity index (χ1) is 7.85. The number of ether oxygens (including phenoxy) is 1. The van der Waals surface area contributed by atoms with Gasteiger partial charge < -0.3 is 14.5 Å². The molecule has 1 saturated carbocycles. The van der Waals surface area contributed by atoms with Crippen molar-refractivity contribution >= 4 is 13.8 Å². The summed E-state index contributed by atoms with van der Waals surface area (Å²) in [5.41, 5.74) is 0.973. The molecule has 6 nitrogen and oxygen atoms in total. The zero-order valence-corrected chi connectivity index (χ0v) is 10.3. The number of carbonyl (C=O) groups is 1. The summed E-state index contributed by atoms with van der Waals surface area (Å²) < 4.78 is 20.6. The van der Waals surface area contributed by atoms with Crippen LogP contribution in [0.4, 0.5) is 0 Å². The van der Waals surface area contributed by atoms with Gasteiger partial charge in [-0.3, -0.25) is 4.52 Å². The number of phosphoric ester groups is 1. The van der Waals surface area contributed by atoms with Crippen LogP contribution < -0.4 is 0 Å². The van der Waals surface area contributed by atoms with E-state index in [9.17, 15) is 9.36 Å². The van der Waals surface area contributed by atoms with Gasteiger partial charge in [0, 0.05) is 18.4 Å². The maximum atomic E-state index is 11.2. The molecule has 3 atom stereocenters. The average Bonchev–Trinajstić information content (AvgIpc) is 2.13. The van der Waals surface area contributed by atoms with Crippen molar-refractivity contribution in [3.8, 4) is 0 Å². The SMILES string of the molecule is CC1=CC(=O)OC2CC(OP(=O)(O)O)CCC12. The molecular formula is C10H15O6P. The molecule has 0 aromatic carbocycles. The van der Waals surface area contributed by atoms with E-state index in [4.69, 9.17) is 14.5 Å². The van der Waals surface area contributed by atoms with Gasteiger partial charge >= 0.3 is 13.8 Å². The molecule has 0 bridgehead atoms. The second-order valence-corrected chi connectivity index (χ2v) is 5.69. The minimum Gasteiger partial charge on any atom is -0.458 e. The number of carbonyl (C=O) groups excluding carboxylic acids is 1. The van der Waals surface area contributed by atoms with Gasteiger partial charge in [0.25, 0.3) is 0 Å². The van der Waals surface area contributed by atoms with E-state index < -0.39 is 13.9 Å². The summed E-state index contributed by atoms with van der Waals surface area (Å²) in [6.07, 6.45) is 2.23. The normalized spacial score (nSPS) is 33.7. The van der Waals surface area contributed by atoms with Crippen LogP contribution in [0, 0.1) is 5.92 Å². The quantitative estimate of drug-likeness (QED) is 0.572. The average molecular weight is 262 g/mol. The van der Waals surface area contributed by atoms with Crippen LogP contribution in [-0.2, 0) is 18.6 Å². The monoisotopic (exact) mass is 262 g/mol. The van der Waals surface area contributed by atoms with Crippen molar-refractivity contribution in [3.63, 3.8) is 0 Å². The van der Waals surface area contributed by atoms with Gasteiger partial charge in [0.05, 0.1) is 6.10 Å². The third kappa shape index (κ3) is 3.16. The smallest absolute Gasteiger partial charge is 0.458 e. The Labute approximate surface area is 98.8 Å². The lowest BCUT2D eigenvalue weighted by atomic mass is 9.79. The largest absolute Gasteiger partial charge is 0.469 e. The first-order valence-corrected chi connectivity index (χ1v) is 7.01. The van der Waals surface area contributed by atoms with Gasteiger partial charge in [-0.2, -0.15) is 0 Å². The third-order valence-electron chi connectivity index (χ3n) is 3.23. The summed E-state index contributed by atoms with van der Waals surface area (Å²) in [5, 5.41) is 0. The zero-order chi connectivity index (χ0) is 12.6. The van der Waals surface area contributed by atoms with Crippen LogP contribution in [0.3, 0.4) is 0 Å². The highest BCUT2D eigenvalue weighted by atomic mass is 31.2. The summed E-state index contributed by atoms with van der Waals surface area (Å²) in [5.74, 6) is -0.232.